The number of rotatable bonds is 3. The number of nitrogens with zero attached hydrogens (tertiary/aromatic N) is 3. The highest BCUT2D eigenvalue weighted by Crippen LogP contribution is 2.45. The van der Waals surface area contributed by atoms with Gasteiger partial charge in [-0.25, -0.2) is 4.98 Å². The monoisotopic (exact) mass is 503 g/mol. The molecule has 0 radical (unpaired) electrons. The van der Waals surface area contributed by atoms with E-state index in [4.69, 9.17) is 4.98 Å². The molecule has 0 unspecified atom stereocenters. The number of fused-ring (bicyclic) bond motifs is 6. The van der Waals surface area contributed by atoms with Crippen molar-refractivity contribution in [1.82, 2.24) is 9.55 Å². The van der Waals surface area contributed by atoms with Crippen LogP contribution < -0.4 is 20.6 Å². The van der Waals surface area contributed by atoms with Gasteiger partial charge in [-0.15, -0.1) is 11.3 Å². The van der Waals surface area contributed by atoms with Crippen LogP contribution in [-0.4, -0.2) is 16.3 Å². The van der Waals surface area contributed by atoms with E-state index in [0.717, 1.165) is 16.2 Å². The van der Waals surface area contributed by atoms with Crippen LogP contribution in [-0.2, 0) is 0 Å². The first kappa shape index (κ1) is 21.5. The molecule has 0 spiro atoms. The van der Waals surface area contributed by atoms with Crippen molar-refractivity contribution in [2.24, 2.45) is 0 Å². The minimum atomic E-state index is 0.0928. The second-order valence-electron chi connectivity index (χ2n) is 9.61. The van der Waals surface area contributed by atoms with Crippen LogP contribution in [0.5, 0.6) is 0 Å². The number of aromatic nitrogens is 2. The Hall–Kier alpha value is -4.61. The van der Waals surface area contributed by atoms with Crippen molar-refractivity contribution in [1.29, 1.82) is 0 Å². The molecule has 0 fully saturated rings. The molecule has 4 aromatic carbocycles. The van der Waals surface area contributed by atoms with Gasteiger partial charge in [0.2, 0.25) is 0 Å². The molecule has 4 heterocycles. The Kier molecular flexibility index (Phi) is 4.79. The minimum absolute atomic E-state index is 0.0928. The highest BCUT2D eigenvalue weighted by molar-refractivity contribution is 7.33. The predicted molar refractivity (Wildman–Crippen MR) is 162 cm³/mol. The van der Waals surface area contributed by atoms with Crippen LogP contribution in [0, 0.1) is 0 Å². The van der Waals surface area contributed by atoms with Gasteiger partial charge in [0.05, 0.1) is 11.2 Å². The van der Waals surface area contributed by atoms with Crippen molar-refractivity contribution in [3.8, 4) is 5.69 Å². The molecular formula is C33H22BN3S. The van der Waals surface area contributed by atoms with Gasteiger partial charge in [-0.1, -0.05) is 90.4 Å². The Bertz CT molecular complexity index is 1930. The van der Waals surface area contributed by atoms with Gasteiger partial charge in [0.25, 0.3) is 6.71 Å². The highest BCUT2D eigenvalue weighted by atomic mass is 32.1. The summed E-state index contributed by atoms with van der Waals surface area (Å²) < 4.78 is 3.77. The fraction of sp³-hybridized carbons (Fsp3) is 0. The van der Waals surface area contributed by atoms with Gasteiger partial charge in [-0.3, -0.25) is 9.47 Å². The van der Waals surface area contributed by atoms with Crippen LogP contribution in [0.15, 0.2) is 134 Å². The SMILES string of the molecule is c1ccc(B2c3sc4ncccc4c3N(c3ccccc3)c3c2c2ccccc2n3-c2ccccc2)cc1. The molecule has 0 aliphatic carbocycles. The lowest BCUT2D eigenvalue weighted by Gasteiger charge is -2.35. The largest absolute Gasteiger partial charge is 0.296 e. The Morgan fingerprint density at radius 3 is 2.00 bits per heavy atom. The lowest BCUT2D eigenvalue weighted by Crippen LogP contribution is -2.56. The molecular weight excluding hydrogens is 481 g/mol. The fourth-order valence-corrected chi connectivity index (χ4v) is 7.25. The van der Waals surface area contributed by atoms with E-state index in [-0.39, 0.29) is 6.71 Å². The van der Waals surface area contributed by atoms with Crippen LogP contribution in [0.2, 0.25) is 0 Å². The molecule has 178 valence electrons. The van der Waals surface area contributed by atoms with E-state index >= 15 is 0 Å². The predicted octanol–water partition coefficient (Wildman–Crippen LogP) is 6.54. The summed E-state index contributed by atoms with van der Waals surface area (Å²) in [6, 6.07) is 45.5. The summed E-state index contributed by atoms with van der Waals surface area (Å²) in [6.07, 6.45) is 1.90. The van der Waals surface area contributed by atoms with Crippen LogP contribution in [0.25, 0.3) is 26.8 Å². The maximum Gasteiger partial charge on any atom is 0.262 e. The van der Waals surface area contributed by atoms with Gasteiger partial charge in [-0.05, 0) is 53.3 Å². The maximum absolute atomic E-state index is 4.82. The third-order valence-corrected chi connectivity index (χ3v) is 8.67. The molecule has 0 saturated heterocycles. The van der Waals surface area contributed by atoms with Crippen molar-refractivity contribution >= 4 is 72.1 Å². The zero-order chi connectivity index (χ0) is 25.1. The summed E-state index contributed by atoms with van der Waals surface area (Å²) in [6.45, 7) is 0.0928. The van der Waals surface area contributed by atoms with Gasteiger partial charge in [0, 0.05) is 27.7 Å². The smallest absolute Gasteiger partial charge is 0.262 e. The standard InChI is InChI=1S/C33H22BN3S/c1-4-13-23(14-5-1)34-29-26-19-10-11-21-28(26)36(24-15-6-2-7-16-24)33(29)37(25-17-8-3-9-18-25)30-27-20-12-22-35-32(27)38-31(30)34/h1-22H. The van der Waals surface area contributed by atoms with E-state index in [1.165, 1.54) is 43.5 Å². The fourth-order valence-electron chi connectivity index (χ4n) is 5.99. The summed E-state index contributed by atoms with van der Waals surface area (Å²) in [5, 5.41) is 2.46. The van der Waals surface area contributed by atoms with Crippen LogP contribution in [0.3, 0.4) is 0 Å². The van der Waals surface area contributed by atoms with Crippen molar-refractivity contribution in [3.63, 3.8) is 0 Å². The third-order valence-electron chi connectivity index (χ3n) is 7.50. The van der Waals surface area contributed by atoms with E-state index in [9.17, 15) is 0 Å². The quantitative estimate of drug-likeness (QED) is 0.255. The summed E-state index contributed by atoms with van der Waals surface area (Å²) in [5.74, 6) is 1.19. The molecule has 5 heteroatoms. The van der Waals surface area contributed by atoms with E-state index in [1.807, 2.05) is 17.5 Å². The summed E-state index contributed by atoms with van der Waals surface area (Å²) in [4.78, 5) is 8.36. The summed E-state index contributed by atoms with van der Waals surface area (Å²) >= 11 is 1.82. The molecule has 3 aromatic heterocycles. The first-order chi connectivity index (χ1) is 18.9. The molecule has 1 aliphatic heterocycles. The van der Waals surface area contributed by atoms with E-state index in [1.54, 1.807) is 0 Å². The first-order valence-corrected chi connectivity index (χ1v) is 13.7. The average molecular weight is 503 g/mol. The molecule has 7 aromatic rings. The van der Waals surface area contributed by atoms with E-state index in [2.05, 4.69) is 137 Å². The molecule has 0 bridgehead atoms. The second kappa shape index (κ2) is 8.47. The van der Waals surface area contributed by atoms with Crippen molar-refractivity contribution in [3.05, 3.63) is 134 Å². The Morgan fingerprint density at radius 2 is 1.24 bits per heavy atom. The lowest BCUT2D eigenvalue weighted by atomic mass is 9.38. The zero-order valence-corrected chi connectivity index (χ0v) is 21.3. The zero-order valence-electron chi connectivity index (χ0n) is 20.5. The van der Waals surface area contributed by atoms with E-state index in [0.29, 0.717) is 0 Å². The Morgan fingerprint density at radius 1 is 0.605 bits per heavy atom. The molecule has 0 amide bonds. The molecule has 0 atom stereocenters. The molecule has 38 heavy (non-hydrogen) atoms. The second-order valence-corrected chi connectivity index (χ2v) is 10.6. The number of anilines is 3. The van der Waals surface area contributed by atoms with Gasteiger partial charge >= 0.3 is 0 Å². The molecule has 3 nitrogen and oxygen atoms in total. The molecule has 0 N–H and O–H groups in total. The topological polar surface area (TPSA) is 21.1 Å². The lowest BCUT2D eigenvalue weighted by molar-refractivity contribution is 1.08. The van der Waals surface area contributed by atoms with Crippen LogP contribution in [0.4, 0.5) is 17.2 Å². The average Bonchev–Trinajstić information content (AvgIpc) is 3.54. The number of hydrogen-bond acceptors (Lipinski definition) is 3. The Balaban J connectivity index is 1.59. The van der Waals surface area contributed by atoms with Crippen LogP contribution in [0.1, 0.15) is 0 Å². The van der Waals surface area contributed by atoms with Crippen molar-refractivity contribution < 1.29 is 0 Å². The van der Waals surface area contributed by atoms with Crippen molar-refractivity contribution in [2.75, 3.05) is 4.90 Å². The molecule has 8 rings (SSSR count). The van der Waals surface area contributed by atoms with Gasteiger partial charge in [0.1, 0.15) is 10.6 Å². The number of hydrogen-bond donors (Lipinski definition) is 0. The normalized spacial score (nSPS) is 12.6. The number of thiophene rings is 1. The van der Waals surface area contributed by atoms with E-state index < -0.39 is 0 Å². The Labute approximate surface area is 225 Å². The highest BCUT2D eigenvalue weighted by Gasteiger charge is 2.42. The number of para-hydroxylation sites is 3. The third kappa shape index (κ3) is 3.06. The maximum atomic E-state index is 4.82. The minimum Gasteiger partial charge on any atom is -0.296 e. The van der Waals surface area contributed by atoms with Crippen LogP contribution >= 0.6 is 11.3 Å². The van der Waals surface area contributed by atoms with Crippen molar-refractivity contribution in [2.45, 2.75) is 0 Å². The summed E-state index contributed by atoms with van der Waals surface area (Å²) in [7, 11) is 0. The number of benzene rings is 4. The van der Waals surface area contributed by atoms with Gasteiger partial charge < -0.3 is 0 Å². The molecule has 0 saturated carbocycles. The molecule has 1 aliphatic rings. The van der Waals surface area contributed by atoms with Gasteiger partial charge in [-0.2, -0.15) is 0 Å². The van der Waals surface area contributed by atoms with Gasteiger partial charge in [0.15, 0.2) is 0 Å². The number of pyridine rings is 1. The first-order valence-electron chi connectivity index (χ1n) is 12.9. The summed E-state index contributed by atoms with van der Waals surface area (Å²) in [5.41, 5.74) is 7.36.